The Kier molecular flexibility index (Phi) is 4.13. The molecule has 0 fully saturated rings. The average Bonchev–Trinajstić information content (AvgIpc) is 1.36. The van der Waals surface area contributed by atoms with Crippen molar-refractivity contribution in [3.8, 4) is 0 Å². The first kappa shape index (κ1) is 9.31. The third-order valence-electron chi connectivity index (χ3n) is 0.183. The molecule has 0 atom stereocenters. The van der Waals surface area contributed by atoms with Crippen molar-refractivity contribution in [3.63, 3.8) is 0 Å². The predicted octanol–water partition coefficient (Wildman–Crippen LogP) is -1.67. The van der Waals surface area contributed by atoms with E-state index in [1.54, 1.807) is 0 Å². The monoisotopic (exact) mass is 108 g/mol. The zero-order chi connectivity index (χ0) is 5.15. The third-order valence-corrected chi connectivity index (χ3v) is 0.183. The van der Waals surface area contributed by atoms with E-state index < -0.39 is 11.9 Å². The second-order valence-corrected chi connectivity index (χ2v) is 0.610. The Morgan fingerprint density at radius 1 is 1.00 bits per heavy atom. The molecule has 0 saturated heterocycles. The van der Waals surface area contributed by atoms with Gasteiger partial charge in [0, 0.05) is 0 Å². The van der Waals surface area contributed by atoms with Crippen LogP contribution in [-0.4, -0.2) is 27.6 Å². The zero-order valence-corrected chi connectivity index (χ0v) is 3.21. The highest BCUT2D eigenvalue weighted by Gasteiger charge is 2.04. The van der Waals surface area contributed by atoms with Crippen molar-refractivity contribution in [1.82, 2.24) is 0 Å². The van der Waals surface area contributed by atoms with Crippen LogP contribution in [0.3, 0.4) is 0 Å². The maximum absolute atomic E-state index is 9.10. The van der Waals surface area contributed by atoms with E-state index in [1.807, 2.05) is 0 Å². The quantitative estimate of drug-likeness (QED) is 0.362. The van der Waals surface area contributed by atoms with Crippen molar-refractivity contribution >= 4 is 11.9 Å². The van der Waals surface area contributed by atoms with Gasteiger partial charge in [-0.25, -0.2) is 9.59 Å². The van der Waals surface area contributed by atoms with Crippen molar-refractivity contribution < 1.29 is 25.3 Å². The van der Waals surface area contributed by atoms with Gasteiger partial charge in [-0.2, -0.15) is 0 Å². The van der Waals surface area contributed by atoms with Gasteiger partial charge >= 0.3 is 11.9 Å². The topological polar surface area (TPSA) is 106 Å². The summed E-state index contributed by atoms with van der Waals surface area (Å²) >= 11 is 0. The molecule has 0 heterocycles. The molecule has 0 radical (unpaired) electrons. The fourth-order valence-electron chi connectivity index (χ4n) is 0. The van der Waals surface area contributed by atoms with Crippen LogP contribution in [0.5, 0.6) is 0 Å². The number of hydrogen-bond acceptors (Lipinski definition) is 2. The number of carboxylic acid groups (broad SMARTS) is 2. The number of aliphatic carboxylic acids is 2. The molecule has 0 unspecified atom stereocenters. The molecule has 5 heteroatoms. The van der Waals surface area contributed by atoms with Gasteiger partial charge in [0.1, 0.15) is 0 Å². The van der Waals surface area contributed by atoms with Gasteiger partial charge in [-0.15, -0.1) is 0 Å². The maximum atomic E-state index is 9.10. The highest BCUT2D eigenvalue weighted by molar-refractivity contribution is 6.27. The lowest BCUT2D eigenvalue weighted by Crippen LogP contribution is -2.09. The standard InChI is InChI=1S/C2H2O4.H2O/c3-1(4)2(5)6;/h(H,3,4)(H,5,6);1H2. The first-order valence-corrected chi connectivity index (χ1v) is 1.11. The summed E-state index contributed by atoms with van der Waals surface area (Å²) in [5.41, 5.74) is 0. The van der Waals surface area contributed by atoms with Crippen molar-refractivity contribution in [3.05, 3.63) is 0 Å². The van der Waals surface area contributed by atoms with Crippen LogP contribution in [-0.2, 0) is 9.59 Å². The Hall–Kier alpha value is -1.10. The summed E-state index contributed by atoms with van der Waals surface area (Å²) in [6, 6.07) is 0. The molecule has 0 aliphatic heterocycles. The van der Waals surface area contributed by atoms with Gasteiger partial charge in [-0.3, -0.25) is 0 Å². The normalized spacial score (nSPS) is 6.29. The third kappa shape index (κ3) is 4.90. The number of carbonyl (C=O) groups is 2. The summed E-state index contributed by atoms with van der Waals surface area (Å²) < 4.78 is 0. The Morgan fingerprint density at radius 2 is 1.14 bits per heavy atom. The van der Waals surface area contributed by atoms with Gasteiger partial charge in [-0.1, -0.05) is 0 Å². The Labute approximate surface area is 38.5 Å². The second kappa shape index (κ2) is 3.10. The summed E-state index contributed by atoms with van der Waals surface area (Å²) in [7, 11) is 0. The van der Waals surface area contributed by atoms with E-state index in [9.17, 15) is 0 Å². The van der Waals surface area contributed by atoms with E-state index in [0.29, 0.717) is 0 Å². The molecule has 0 spiro atoms. The molecule has 5 nitrogen and oxygen atoms in total. The first-order chi connectivity index (χ1) is 2.64. The van der Waals surface area contributed by atoms with E-state index in [-0.39, 0.29) is 5.48 Å². The molecule has 0 bridgehead atoms. The number of hydrogen-bond donors (Lipinski definition) is 2. The van der Waals surface area contributed by atoms with Crippen molar-refractivity contribution in [2.75, 3.05) is 0 Å². The molecule has 0 aliphatic rings. The molecule has 0 saturated carbocycles. The fourth-order valence-corrected chi connectivity index (χ4v) is 0. The minimum Gasteiger partial charge on any atom is -0.473 e. The van der Waals surface area contributed by atoms with Crippen LogP contribution in [0.4, 0.5) is 0 Å². The SMILES string of the molecule is O.O=C(O)C(=O)O. The molecule has 42 valence electrons. The number of rotatable bonds is 0. The Morgan fingerprint density at radius 3 is 1.14 bits per heavy atom. The molecular formula is C2H4O5. The molecule has 0 aliphatic carbocycles. The van der Waals surface area contributed by atoms with Gasteiger partial charge in [0.25, 0.3) is 0 Å². The van der Waals surface area contributed by atoms with E-state index in [0.717, 1.165) is 0 Å². The van der Waals surface area contributed by atoms with E-state index in [2.05, 4.69) is 0 Å². The van der Waals surface area contributed by atoms with Crippen LogP contribution in [0.1, 0.15) is 0 Å². The Bertz CT molecular complexity index is 72.1. The summed E-state index contributed by atoms with van der Waals surface area (Å²) in [5.74, 6) is -3.65. The van der Waals surface area contributed by atoms with Crippen LogP contribution < -0.4 is 0 Å². The molecule has 0 aromatic carbocycles. The van der Waals surface area contributed by atoms with Crippen LogP contribution in [0, 0.1) is 0 Å². The average molecular weight is 108 g/mol. The summed E-state index contributed by atoms with van der Waals surface area (Å²) in [5, 5.41) is 14.8. The molecule has 7 heavy (non-hydrogen) atoms. The predicted molar refractivity (Wildman–Crippen MR) is 18.9 cm³/mol. The van der Waals surface area contributed by atoms with E-state index in [4.69, 9.17) is 19.8 Å². The van der Waals surface area contributed by atoms with E-state index >= 15 is 0 Å². The molecular weight excluding hydrogens is 104 g/mol. The van der Waals surface area contributed by atoms with Crippen molar-refractivity contribution in [2.45, 2.75) is 0 Å². The van der Waals surface area contributed by atoms with Gasteiger partial charge in [0.05, 0.1) is 0 Å². The minimum absolute atomic E-state index is 0. The van der Waals surface area contributed by atoms with Crippen molar-refractivity contribution in [1.29, 1.82) is 0 Å². The molecule has 0 rings (SSSR count). The first-order valence-electron chi connectivity index (χ1n) is 1.11. The summed E-state index contributed by atoms with van der Waals surface area (Å²) in [6.45, 7) is 0. The minimum atomic E-state index is -1.82. The lowest BCUT2D eigenvalue weighted by molar-refractivity contribution is -0.159. The molecule has 0 amide bonds. The molecule has 0 aromatic rings. The van der Waals surface area contributed by atoms with Crippen molar-refractivity contribution in [2.24, 2.45) is 0 Å². The van der Waals surface area contributed by atoms with Crippen LogP contribution in [0.25, 0.3) is 0 Å². The second-order valence-electron chi connectivity index (χ2n) is 0.610. The van der Waals surface area contributed by atoms with Crippen LogP contribution >= 0.6 is 0 Å². The Balaban J connectivity index is 0. The van der Waals surface area contributed by atoms with Gasteiger partial charge < -0.3 is 15.7 Å². The fraction of sp³-hybridized carbons (Fsp3) is 0. The van der Waals surface area contributed by atoms with Crippen LogP contribution in [0.2, 0.25) is 0 Å². The largest absolute Gasteiger partial charge is 0.473 e. The summed E-state index contributed by atoms with van der Waals surface area (Å²) in [6.07, 6.45) is 0. The molecule has 0 aromatic heterocycles. The van der Waals surface area contributed by atoms with Gasteiger partial charge in [0.15, 0.2) is 0 Å². The number of carboxylic acids is 2. The van der Waals surface area contributed by atoms with E-state index in [1.165, 1.54) is 0 Å². The van der Waals surface area contributed by atoms with Gasteiger partial charge in [-0.05, 0) is 0 Å². The van der Waals surface area contributed by atoms with Gasteiger partial charge in [0.2, 0.25) is 0 Å². The lowest BCUT2D eigenvalue weighted by Gasteiger charge is -1.72. The molecule has 4 N–H and O–H groups in total. The maximum Gasteiger partial charge on any atom is 0.414 e. The highest BCUT2D eigenvalue weighted by Crippen LogP contribution is 1.56. The smallest absolute Gasteiger partial charge is 0.414 e. The van der Waals surface area contributed by atoms with Crippen LogP contribution in [0.15, 0.2) is 0 Å². The zero-order valence-electron chi connectivity index (χ0n) is 3.21. The summed E-state index contributed by atoms with van der Waals surface area (Å²) in [4.78, 5) is 18.2. The highest BCUT2D eigenvalue weighted by atomic mass is 16.4. The lowest BCUT2D eigenvalue weighted by atomic mass is 10.7.